The Hall–Kier alpha value is -2.86. The molecule has 0 unspecified atom stereocenters. The van der Waals surface area contributed by atoms with Crippen molar-refractivity contribution in [2.24, 2.45) is 0 Å². The van der Waals surface area contributed by atoms with Crippen molar-refractivity contribution < 1.29 is 14.3 Å². The second-order valence-electron chi connectivity index (χ2n) is 6.82. The summed E-state index contributed by atoms with van der Waals surface area (Å²) < 4.78 is 5.77. The van der Waals surface area contributed by atoms with Crippen LogP contribution in [0.5, 0.6) is 5.75 Å². The third-order valence-electron chi connectivity index (χ3n) is 4.75. The average Bonchev–Trinajstić information content (AvgIpc) is 2.73. The number of amides is 2. The van der Waals surface area contributed by atoms with Gasteiger partial charge in [0.2, 0.25) is 5.91 Å². The van der Waals surface area contributed by atoms with E-state index in [2.05, 4.69) is 10.2 Å². The number of carbonyl (C=O) groups is 2. The minimum atomic E-state index is 0.0206. The molecule has 2 aromatic carbocycles. The molecule has 1 aliphatic rings. The van der Waals surface area contributed by atoms with Crippen molar-refractivity contribution in [3.63, 3.8) is 0 Å². The summed E-state index contributed by atoms with van der Waals surface area (Å²) in [7, 11) is 0. The number of rotatable bonds is 7. The van der Waals surface area contributed by atoms with Crippen LogP contribution in [0.3, 0.4) is 0 Å². The zero-order valence-electron chi connectivity index (χ0n) is 16.3. The summed E-state index contributed by atoms with van der Waals surface area (Å²) in [6, 6.07) is 17.3. The van der Waals surface area contributed by atoms with E-state index < -0.39 is 0 Å². The third-order valence-corrected chi connectivity index (χ3v) is 4.75. The lowest BCUT2D eigenvalue weighted by Crippen LogP contribution is -2.51. The zero-order valence-corrected chi connectivity index (χ0v) is 16.3. The molecular weight excluding hydrogens is 354 g/mol. The molecule has 2 aromatic rings. The molecule has 0 bridgehead atoms. The van der Waals surface area contributed by atoms with Gasteiger partial charge < -0.3 is 15.0 Å². The van der Waals surface area contributed by atoms with Crippen LogP contribution in [-0.2, 0) is 11.4 Å². The molecule has 3 rings (SSSR count). The maximum atomic E-state index is 12.7. The first-order valence-electron chi connectivity index (χ1n) is 9.71. The normalized spacial score (nSPS) is 14.5. The Morgan fingerprint density at radius 3 is 2.29 bits per heavy atom. The van der Waals surface area contributed by atoms with Crippen LogP contribution in [0.25, 0.3) is 0 Å². The van der Waals surface area contributed by atoms with Gasteiger partial charge in [-0.15, -0.1) is 0 Å². The quantitative estimate of drug-likeness (QED) is 0.798. The first-order chi connectivity index (χ1) is 13.7. The minimum Gasteiger partial charge on any atom is -0.489 e. The van der Waals surface area contributed by atoms with Crippen molar-refractivity contribution in [3.05, 3.63) is 65.7 Å². The molecule has 0 saturated carbocycles. The van der Waals surface area contributed by atoms with Gasteiger partial charge in [0.1, 0.15) is 12.4 Å². The molecule has 0 aliphatic carbocycles. The second kappa shape index (κ2) is 9.90. The summed E-state index contributed by atoms with van der Waals surface area (Å²) in [6.45, 7) is 6.12. The molecule has 0 aromatic heterocycles. The molecule has 0 spiro atoms. The van der Waals surface area contributed by atoms with Gasteiger partial charge in [0.25, 0.3) is 5.91 Å². The highest BCUT2D eigenvalue weighted by molar-refractivity contribution is 5.94. The SMILES string of the molecule is CCNC(=O)CN1CCN(C(=O)c2ccc(OCc3ccccc3)cc2)CC1. The number of piperazine rings is 1. The predicted molar refractivity (Wildman–Crippen MR) is 108 cm³/mol. The maximum absolute atomic E-state index is 12.7. The van der Waals surface area contributed by atoms with Gasteiger partial charge in [-0.2, -0.15) is 0 Å². The number of ether oxygens (including phenoxy) is 1. The van der Waals surface area contributed by atoms with E-state index in [4.69, 9.17) is 4.74 Å². The van der Waals surface area contributed by atoms with E-state index in [1.54, 1.807) is 0 Å². The summed E-state index contributed by atoms with van der Waals surface area (Å²) in [4.78, 5) is 28.3. The molecule has 0 atom stereocenters. The first kappa shape index (κ1) is 19.9. The van der Waals surface area contributed by atoms with Gasteiger partial charge in [-0.05, 0) is 36.8 Å². The van der Waals surface area contributed by atoms with Crippen molar-refractivity contribution in [1.29, 1.82) is 0 Å². The van der Waals surface area contributed by atoms with Gasteiger partial charge in [0, 0.05) is 38.3 Å². The largest absolute Gasteiger partial charge is 0.489 e. The maximum Gasteiger partial charge on any atom is 0.253 e. The number of nitrogens with one attached hydrogen (secondary N) is 1. The summed E-state index contributed by atoms with van der Waals surface area (Å²) in [5, 5.41) is 2.81. The second-order valence-corrected chi connectivity index (χ2v) is 6.82. The van der Waals surface area contributed by atoms with E-state index in [0.717, 1.165) is 11.3 Å². The Morgan fingerprint density at radius 2 is 1.64 bits per heavy atom. The van der Waals surface area contributed by atoms with E-state index in [1.807, 2.05) is 66.4 Å². The van der Waals surface area contributed by atoms with E-state index in [1.165, 1.54) is 0 Å². The molecular formula is C22H27N3O3. The predicted octanol–water partition coefficient (Wildman–Crippen LogP) is 2.16. The van der Waals surface area contributed by atoms with Crippen LogP contribution in [-0.4, -0.2) is 60.9 Å². The Labute approximate surface area is 166 Å². The van der Waals surface area contributed by atoms with Crippen LogP contribution in [0.4, 0.5) is 0 Å². The Balaban J connectivity index is 1.47. The number of benzene rings is 2. The number of carbonyl (C=O) groups excluding carboxylic acids is 2. The Bertz CT molecular complexity index is 769. The third kappa shape index (κ3) is 5.57. The molecule has 1 fully saturated rings. The Kier molecular flexibility index (Phi) is 7.03. The zero-order chi connectivity index (χ0) is 19.8. The van der Waals surface area contributed by atoms with Crippen LogP contribution >= 0.6 is 0 Å². The van der Waals surface area contributed by atoms with Gasteiger partial charge in [-0.25, -0.2) is 0 Å². The van der Waals surface area contributed by atoms with E-state index in [0.29, 0.717) is 51.4 Å². The molecule has 28 heavy (non-hydrogen) atoms. The Morgan fingerprint density at radius 1 is 0.964 bits per heavy atom. The molecule has 1 saturated heterocycles. The van der Waals surface area contributed by atoms with Gasteiger partial charge in [-0.3, -0.25) is 14.5 Å². The van der Waals surface area contributed by atoms with E-state index >= 15 is 0 Å². The lowest BCUT2D eigenvalue weighted by molar-refractivity contribution is -0.122. The number of hydrogen-bond acceptors (Lipinski definition) is 4. The van der Waals surface area contributed by atoms with Crippen LogP contribution in [0.1, 0.15) is 22.8 Å². The van der Waals surface area contributed by atoms with E-state index in [9.17, 15) is 9.59 Å². The standard InChI is InChI=1S/C22H27N3O3/c1-2-23-21(26)16-24-12-14-25(15-13-24)22(27)19-8-10-20(11-9-19)28-17-18-6-4-3-5-7-18/h3-11H,2,12-17H2,1H3,(H,23,26). The molecule has 1 heterocycles. The highest BCUT2D eigenvalue weighted by atomic mass is 16.5. The molecule has 2 amide bonds. The van der Waals surface area contributed by atoms with Crippen LogP contribution in [0.15, 0.2) is 54.6 Å². The molecule has 0 radical (unpaired) electrons. The molecule has 148 valence electrons. The highest BCUT2D eigenvalue weighted by Gasteiger charge is 2.23. The topological polar surface area (TPSA) is 61.9 Å². The van der Waals surface area contributed by atoms with Gasteiger partial charge in [0.05, 0.1) is 6.54 Å². The lowest BCUT2D eigenvalue weighted by atomic mass is 10.1. The smallest absolute Gasteiger partial charge is 0.253 e. The van der Waals surface area contributed by atoms with Crippen molar-refractivity contribution in [2.75, 3.05) is 39.3 Å². The lowest BCUT2D eigenvalue weighted by Gasteiger charge is -2.34. The fourth-order valence-corrected chi connectivity index (χ4v) is 3.18. The summed E-state index contributed by atoms with van der Waals surface area (Å²) in [5.41, 5.74) is 1.76. The van der Waals surface area contributed by atoms with Crippen molar-refractivity contribution >= 4 is 11.8 Å². The van der Waals surface area contributed by atoms with Crippen molar-refractivity contribution in [3.8, 4) is 5.75 Å². The summed E-state index contributed by atoms with van der Waals surface area (Å²) in [6.07, 6.45) is 0. The number of nitrogens with zero attached hydrogens (tertiary/aromatic N) is 2. The molecule has 1 aliphatic heterocycles. The van der Waals surface area contributed by atoms with Gasteiger partial charge in [0.15, 0.2) is 0 Å². The monoisotopic (exact) mass is 381 g/mol. The first-order valence-corrected chi connectivity index (χ1v) is 9.71. The van der Waals surface area contributed by atoms with Crippen LogP contribution in [0.2, 0.25) is 0 Å². The van der Waals surface area contributed by atoms with Gasteiger partial charge >= 0.3 is 0 Å². The summed E-state index contributed by atoms with van der Waals surface area (Å²) >= 11 is 0. The minimum absolute atomic E-state index is 0.0206. The van der Waals surface area contributed by atoms with Crippen LogP contribution < -0.4 is 10.1 Å². The van der Waals surface area contributed by atoms with Crippen molar-refractivity contribution in [2.45, 2.75) is 13.5 Å². The van der Waals surface area contributed by atoms with Crippen LogP contribution in [0, 0.1) is 0 Å². The molecule has 1 N–H and O–H groups in total. The fraction of sp³-hybridized carbons (Fsp3) is 0.364. The van der Waals surface area contributed by atoms with Crippen molar-refractivity contribution in [1.82, 2.24) is 15.1 Å². The fourth-order valence-electron chi connectivity index (χ4n) is 3.18. The molecule has 6 heteroatoms. The average molecular weight is 381 g/mol. The van der Waals surface area contributed by atoms with Gasteiger partial charge in [-0.1, -0.05) is 30.3 Å². The molecule has 6 nitrogen and oxygen atoms in total. The highest BCUT2D eigenvalue weighted by Crippen LogP contribution is 2.16. The van der Waals surface area contributed by atoms with E-state index in [-0.39, 0.29) is 11.8 Å². The number of hydrogen-bond donors (Lipinski definition) is 1. The number of likely N-dealkylation sites (N-methyl/N-ethyl adjacent to an activating group) is 1. The summed E-state index contributed by atoms with van der Waals surface area (Å²) in [5.74, 6) is 0.799.